The molecule has 0 saturated carbocycles. The minimum absolute atomic E-state index is 0.304. The van der Waals surface area contributed by atoms with Crippen LogP contribution in [0, 0.1) is 0 Å². The summed E-state index contributed by atoms with van der Waals surface area (Å²) >= 11 is 0. The molecule has 0 amide bonds. The quantitative estimate of drug-likeness (QED) is 0.873. The molecule has 1 fully saturated rings. The van der Waals surface area contributed by atoms with Gasteiger partial charge in [-0.25, -0.2) is 0 Å². The number of rotatable bonds is 3. The Balaban J connectivity index is 1.92. The summed E-state index contributed by atoms with van der Waals surface area (Å²) in [4.78, 5) is 4.39. The van der Waals surface area contributed by atoms with Crippen molar-refractivity contribution >= 4 is 0 Å². The van der Waals surface area contributed by atoms with E-state index in [0.717, 1.165) is 18.5 Å². The summed E-state index contributed by atoms with van der Waals surface area (Å²) in [6.07, 6.45) is 4.73. The Morgan fingerprint density at radius 3 is 2.59 bits per heavy atom. The molecule has 0 radical (unpaired) electrons. The molecule has 17 heavy (non-hydrogen) atoms. The Labute approximate surface area is 104 Å². The van der Waals surface area contributed by atoms with Gasteiger partial charge in [-0.15, -0.1) is 0 Å². The molecule has 3 nitrogen and oxygen atoms in total. The van der Waals surface area contributed by atoms with E-state index in [1.54, 1.807) is 0 Å². The lowest BCUT2D eigenvalue weighted by Crippen LogP contribution is -2.42. The fraction of sp³-hybridized carbons (Fsp3) is 0.643. The molecule has 1 aromatic heterocycles. The zero-order chi connectivity index (χ0) is 12.3. The van der Waals surface area contributed by atoms with Crippen LogP contribution in [0.4, 0.5) is 0 Å². The molecule has 2 unspecified atom stereocenters. The maximum Gasteiger partial charge on any atom is 0.0570 e. The normalized spacial score (nSPS) is 31.1. The predicted molar refractivity (Wildman–Crippen MR) is 68.8 cm³/mol. The summed E-state index contributed by atoms with van der Waals surface area (Å²) in [7, 11) is 0. The molecule has 2 heterocycles. The van der Waals surface area contributed by atoms with Crippen molar-refractivity contribution in [3.63, 3.8) is 0 Å². The maximum absolute atomic E-state index is 5.75. The summed E-state index contributed by atoms with van der Waals surface area (Å²) in [6, 6.07) is 6.90. The van der Waals surface area contributed by atoms with Crippen molar-refractivity contribution in [1.82, 2.24) is 10.3 Å². The number of aromatic nitrogens is 1. The standard InChI is InChI=1S/C14H22N2O/c1-10-8-13(9-11(2)17-10)16-12(3)14-6-4-5-7-15-14/h4-7,10-13,16H,8-9H2,1-3H3/t10?,11?,12-,13?/m1/s1. The Morgan fingerprint density at radius 2 is 2.00 bits per heavy atom. The van der Waals surface area contributed by atoms with Crippen LogP contribution in [-0.2, 0) is 4.74 Å². The number of hydrogen-bond acceptors (Lipinski definition) is 3. The van der Waals surface area contributed by atoms with Crippen LogP contribution in [0.3, 0.4) is 0 Å². The third-order valence-electron chi connectivity index (χ3n) is 3.31. The maximum atomic E-state index is 5.75. The van der Waals surface area contributed by atoms with E-state index in [4.69, 9.17) is 4.74 Å². The molecule has 0 aromatic carbocycles. The topological polar surface area (TPSA) is 34.2 Å². The van der Waals surface area contributed by atoms with Gasteiger partial charge in [-0.3, -0.25) is 4.98 Å². The largest absolute Gasteiger partial charge is 0.375 e. The highest BCUT2D eigenvalue weighted by Crippen LogP contribution is 2.21. The Morgan fingerprint density at radius 1 is 1.29 bits per heavy atom. The molecule has 3 atom stereocenters. The second-order valence-corrected chi connectivity index (χ2v) is 5.07. The minimum atomic E-state index is 0.304. The third kappa shape index (κ3) is 3.51. The number of nitrogens with zero attached hydrogens (tertiary/aromatic N) is 1. The van der Waals surface area contributed by atoms with Crippen molar-refractivity contribution in [2.45, 2.75) is 57.9 Å². The van der Waals surface area contributed by atoms with Gasteiger partial charge in [-0.2, -0.15) is 0 Å². The van der Waals surface area contributed by atoms with Gasteiger partial charge >= 0.3 is 0 Å². The predicted octanol–water partition coefficient (Wildman–Crippen LogP) is 2.69. The molecule has 1 aliphatic heterocycles. The first-order valence-corrected chi connectivity index (χ1v) is 6.47. The summed E-state index contributed by atoms with van der Waals surface area (Å²) in [5.74, 6) is 0. The van der Waals surface area contributed by atoms with Gasteiger partial charge in [0, 0.05) is 18.3 Å². The van der Waals surface area contributed by atoms with Crippen LogP contribution in [0.1, 0.15) is 45.3 Å². The van der Waals surface area contributed by atoms with Crippen molar-refractivity contribution in [2.24, 2.45) is 0 Å². The van der Waals surface area contributed by atoms with Gasteiger partial charge in [0.15, 0.2) is 0 Å². The molecule has 0 aliphatic carbocycles. The van der Waals surface area contributed by atoms with Crippen LogP contribution < -0.4 is 5.32 Å². The number of pyridine rings is 1. The first-order valence-electron chi connectivity index (χ1n) is 6.47. The van der Waals surface area contributed by atoms with Gasteiger partial charge in [0.25, 0.3) is 0 Å². The van der Waals surface area contributed by atoms with E-state index in [9.17, 15) is 0 Å². The van der Waals surface area contributed by atoms with E-state index in [1.165, 1.54) is 0 Å². The molecule has 0 spiro atoms. The van der Waals surface area contributed by atoms with Crippen LogP contribution in [0.5, 0.6) is 0 Å². The van der Waals surface area contributed by atoms with Crippen LogP contribution in [0.15, 0.2) is 24.4 Å². The molecular weight excluding hydrogens is 212 g/mol. The van der Waals surface area contributed by atoms with Gasteiger partial charge < -0.3 is 10.1 Å². The Hall–Kier alpha value is -0.930. The zero-order valence-electron chi connectivity index (χ0n) is 10.9. The summed E-state index contributed by atoms with van der Waals surface area (Å²) in [5.41, 5.74) is 1.11. The summed E-state index contributed by atoms with van der Waals surface area (Å²) in [5, 5.41) is 3.65. The fourth-order valence-corrected chi connectivity index (χ4v) is 2.61. The van der Waals surface area contributed by atoms with Crippen molar-refractivity contribution in [3.05, 3.63) is 30.1 Å². The fourth-order valence-electron chi connectivity index (χ4n) is 2.61. The second-order valence-electron chi connectivity index (χ2n) is 5.07. The number of nitrogens with one attached hydrogen (secondary N) is 1. The van der Waals surface area contributed by atoms with Crippen LogP contribution >= 0.6 is 0 Å². The van der Waals surface area contributed by atoms with Crippen molar-refractivity contribution in [3.8, 4) is 0 Å². The van der Waals surface area contributed by atoms with E-state index < -0.39 is 0 Å². The van der Waals surface area contributed by atoms with Gasteiger partial charge in [-0.1, -0.05) is 6.07 Å². The van der Waals surface area contributed by atoms with Gasteiger partial charge in [0.1, 0.15) is 0 Å². The first-order chi connectivity index (χ1) is 8.15. The smallest absolute Gasteiger partial charge is 0.0570 e. The highest BCUT2D eigenvalue weighted by atomic mass is 16.5. The highest BCUT2D eigenvalue weighted by Gasteiger charge is 2.25. The monoisotopic (exact) mass is 234 g/mol. The van der Waals surface area contributed by atoms with E-state index in [2.05, 4.69) is 37.1 Å². The minimum Gasteiger partial charge on any atom is -0.375 e. The van der Waals surface area contributed by atoms with Crippen molar-refractivity contribution in [2.75, 3.05) is 0 Å². The molecule has 0 bridgehead atoms. The summed E-state index contributed by atoms with van der Waals surface area (Å²) < 4.78 is 5.75. The molecule has 2 rings (SSSR count). The van der Waals surface area contributed by atoms with Gasteiger partial charge in [0.2, 0.25) is 0 Å². The second kappa shape index (κ2) is 5.61. The van der Waals surface area contributed by atoms with Crippen LogP contribution in [0.2, 0.25) is 0 Å². The van der Waals surface area contributed by atoms with Crippen molar-refractivity contribution < 1.29 is 4.74 Å². The third-order valence-corrected chi connectivity index (χ3v) is 3.31. The highest BCUT2D eigenvalue weighted by molar-refractivity contribution is 5.08. The molecule has 94 valence electrons. The molecule has 1 aromatic rings. The Bertz CT molecular complexity index is 331. The molecule has 1 aliphatic rings. The van der Waals surface area contributed by atoms with E-state index in [0.29, 0.717) is 24.3 Å². The van der Waals surface area contributed by atoms with Crippen LogP contribution in [-0.4, -0.2) is 23.2 Å². The van der Waals surface area contributed by atoms with Gasteiger partial charge in [-0.05, 0) is 45.7 Å². The van der Waals surface area contributed by atoms with Crippen LogP contribution in [0.25, 0.3) is 0 Å². The molecular formula is C14H22N2O. The lowest BCUT2D eigenvalue weighted by Gasteiger charge is -2.34. The zero-order valence-corrected chi connectivity index (χ0v) is 10.9. The lowest BCUT2D eigenvalue weighted by molar-refractivity contribution is -0.0434. The number of ether oxygens (including phenoxy) is 1. The van der Waals surface area contributed by atoms with E-state index >= 15 is 0 Å². The Kier molecular flexibility index (Phi) is 4.13. The SMILES string of the molecule is CC1CC(N[C@H](C)c2ccccn2)CC(C)O1. The van der Waals surface area contributed by atoms with E-state index in [-0.39, 0.29) is 0 Å². The summed E-state index contributed by atoms with van der Waals surface area (Å²) in [6.45, 7) is 6.47. The number of hydrogen-bond donors (Lipinski definition) is 1. The van der Waals surface area contributed by atoms with Gasteiger partial charge in [0.05, 0.1) is 17.9 Å². The van der Waals surface area contributed by atoms with E-state index in [1.807, 2.05) is 18.3 Å². The first kappa shape index (κ1) is 12.5. The average Bonchev–Trinajstić information content (AvgIpc) is 2.28. The molecule has 3 heteroatoms. The lowest BCUT2D eigenvalue weighted by atomic mass is 9.98. The molecule has 1 saturated heterocycles. The van der Waals surface area contributed by atoms with Crippen molar-refractivity contribution in [1.29, 1.82) is 0 Å². The average molecular weight is 234 g/mol. The molecule has 1 N–H and O–H groups in total.